The number of halogens is 5. The molecule has 7 nitrogen and oxygen atoms in total. The minimum Gasteiger partial charge on any atom is -0.486 e. The Bertz CT molecular complexity index is 857. The number of carbonyl (C=O) groups is 3. The molecule has 1 aromatic carbocycles. The molecule has 0 saturated carbocycles. The van der Waals surface area contributed by atoms with Crippen LogP contribution in [0.2, 0.25) is 0 Å². The van der Waals surface area contributed by atoms with Gasteiger partial charge in [0.25, 0.3) is 5.91 Å². The molecule has 172 valence electrons. The number of carbonyl (C=O) groups excluding carboxylic acids is 3. The van der Waals surface area contributed by atoms with Crippen molar-refractivity contribution < 1.29 is 41.1 Å². The van der Waals surface area contributed by atoms with Crippen LogP contribution in [0.5, 0.6) is 5.75 Å². The van der Waals surface area contributed by atoms with Gasteiger partial charge in [-0.3, -0.25) is 14.4 Å². The van der Waals surface area contributed by atoms with Crippen molar-refractivity contribution in [2.75, 3.05) is 11.9 Å². The molecule has 0 fully saturated rings. The average Bonchev–Trinajstić information content (AvgIpc) is 2.81. The van der Waals surface area contributed by atoms with E-state index in [0.29, 0.717) is 11.4 Å². The first-order chi connectivity index (χ1) is 14.2. The molecular weight excluding hydrogens is 429 g/mol. The van der Waals surface area contributed by atoms with Crippen LogP contribution in [0.25, 0.3) is 0 Å². The Balaban J connectivity index is 2.13. The van der Waals surface area contributed by atoms with Crippen LogP contribution < -0.4 is 20.7 Å². The second-order valence-electron chi connectivity index (χ2n) is 7.51. The summed E-state index contributed by atoms with van der Waals surface area (Å²) in [6.07, 6.45) is -6.39. The van der Waals surface area contributed by atoms with Crippen LogP contribution in [0.1, 0.15) is 27.2 Å². The lowest BCUT2D eigenvalue weighted by Gasteiger charge is -2.29. The molecule has 2 atom stereocenters. The molecule has 0 aromatic heterocycles. The standard InChI is InChI=1S/C19H22F5N3O4/c1-4-11-13(14(28)26-10-7-5-6-8-12(10)31-11)27-16(30)17(2,3)15(29)25-9-18(20,21)19(22,23)24/h5-8,11,13H,4,9H2,1-3H3,(H,25,29)(H,26,28)(H,27,30)/t11-,13+/m1/s1. The van der Waals surface area contributed by atoms with E-state index in [2.05, 4.69) is 10.6 Å². The van der Waals surface area contributed by atoms with Gasteiger partial charge in [-0.25, -0.2) is 0 Å². The number of amides is 3. The van der Waals surface area contributed by atoms with Crippen molar-refractivity contribution in [3.05, 3.63) is 24.3 Å². The van der Waals surface area contributed by atoms with E-state index in [9.17, 15) is 36.3 Å². The predicted molar refractivity (Wildman–Crippen MR) is 99.5 cm³/mol. The van der Waals surface area contributed by atoms with Gasteiger partial charge < -0.3 is 20.7 Å². The van der Waals surface area contributed by atoms with E-state index in [0.717, 1.165) is 13.8 Å². The Morgan fingerprint density at radius 3 is 2.29 bits per heavy atom. The van der Waals surface area contributed by atoms with Crippen LogP contribution in [0.3, 0.4) is 0 Å². The SMILES string of the molecule is CC[C@H]1Oc2ccccc2NC(=O)[C@H]1NC(=O)C(C)(C)C(=O)NCC(F)(F)C(F)(F)F. The summed E-state index contributed by atoms with van der Waals surface area (Å²) in [5, 5.41) is 6.38. The molecule has 0 unspecified atom stereocenters. The first-order valence-corrected chi connectivity index (χ1v) is 9.31. The van der Waals surface area contributed by atoms with E-state index < -0.39 is 53.9 Å². The van der Waals surface area contributed by atoms with Crippen molar-refractivity contribution in [1.82, 2.24) is 10.6 Å². The molecule has 3 amide bonds. The summed E-state index contributed by atoms with van der Waals surface area (Å²) in [4.78, 5) is 37.5. The maximum absolute atomic E-state index is 13.1. The molecule has 1 aliphatic rings. The van der Waals surface area contributed by atoms with Gasteiger partial charge in [0.05, 0.1) is 12.2 Å². The lowest BCUT2D eigenvalue weighted by Crippen LogP contribution is -2.58. The maximum atomic E-state index is 13.1. The van der Waals surface area contributed by atoms with Crippen LogP contribution in [0.15, 0.2) is 24.3 Å². The number of alkyl halides is 5. The zero-order valence-corrected chi connectivity index (χ0v) is 16.9. The van der Waals surface area contributed by atoms with Gasteiger partial charge in [0.15, 0.2) is 0 Å². The smallest absolute Gasteiger partial charge is 0.455 e. The normalized spacial score (nSPS) is 19.4. The fourth-order valence-corrected chi connectivity index (χ4v) is 2.70. The van der Waals surface area contributed by atoms with Crippen molar-refractivity contribution in [2.24, 2.45) is 5.41 Å². The van der Waals surface area contributed by atoms with Gasteiger partial charge >= 0.3 is 12.1 Å². The highest BCUT2D eigenvalue weighted by molar-refractivity contribution is 6.06. The Kier molecular flexibility index (Phi) is 6.81. The van der Waals surface area contributed by atoms with Crippen molar-refractivity contribution in [3.8, 4) is 5.75 Å². The van der Waals surface area contributed by atoms with E-state index in [1.54, 1.807) is 31.2 Å². The molecule has 0 aliphatic carbocycles. The molecule has 1 aromatic rings. The second kappa shape index (κ2) is 8.67. The highest BCUT2D eigenvalue weighted by Crippen LogP contribution is 2.35. The number of hydrogen-bond acceptors (Lipinski definition) is 4. The van der Waals surface area contributed by atoms with Gasteiger partial charge in [0.2, 0.25) is 11.8 Å². The number of para-hydroxylation sites is 2. The minimum absolute atomic E-state index is 0.289. The van der Waals surface area contributed by atoms with Crippen LogP contribution in [-0.4, -0.2) is 48.5 Å². The van der Waals surface area contributed by atoms with Gasteiger partial charge in [-0.1, -0.05) is 19.1 Å². The fourth-order valence-electron chi connectivity index (χ4n) is 2.70. The highest BCUT2D eigenvalue weighted by atomic mass is 19.4. The Hall–Kier alpha value is -2.92. The second-order valence-corrected chi connectivity index (χ2v) is 7.51. The van der Waals surface area contributed by atoms with Crippen LogP contribution >= 0.6 is 0 Å². The van der Waals surface area contributed by atoms with E-state index in [4.69, 9.17) is 4.74 Å². The molecule has 12 heteroatoms. The molecule has 0 bridgehead atoms. The number of hydrogen-bond donors (Lipinski definition) is 3. The molecule has 0 saturated heterocycles. The summed E-state index contributed by atoms with van der Waals surface area (Å²) in [5.41, 5.74) is -1.69. The quantitative estimate of drug-likeness (QED) is 0.458. The molecule has 2 rings (SSSR count). The molecular formula is C19H22F5N3O4. The number of nitrogens with one attached hydrogen (secondary N) is 3. The van der Waals surface area contributed by atoms with Crippen molar-refractivity contribution in [2.45, 2.75) is 51.4 Å². The Labute approximate surface area is 174 Å². The summed E-state index contributed by atoms with van der Waals surface area (Å²) < 4.78 is 68.8. The number of rotatable bonds is 6. The lowest BCUT2D eigenvalue weighted by molar-refractivity contribution is -0.278. The lowest BCUT2D eigenvalue weighted by atomic mass is 9.90. The van der Waals surface area contributed by atoms with Gasteiger partial charge in [0.1, 0.15) is 23.3 Å². The molecule has 31 heavy (non-hydrogen) atoms. The van der Waals surface area contributed by atoms with E-state index in [1.165, 1.54) is 5.32 Å². The first-order valence-electron chi connectivity index (χ1n) is 9.31. The predicted octanol–water partition coefficient (Wildman–Crippen LogP) is 2.62. The summed E-state index contributed by atoms with van der Waals surface area (Å²) in [5.74, 6) is -7.84. The topological polar surface area (TPSA) is 96.5 Å². The maximum Gasteiger partial charge on any atom is 0.455 e. The molecule has 0 radical (unpaired) electrons. The summed E-state index contributed by atoms with van der Waals surface area (Å²) in [7, 11) is 0. The number of fused-ring (bicyclic) bond motifs is 1. The van der Waals surface area contributed by atoms with Crippen molar-refractivity contribution in [1.29, 1.82) is 0 Å². The third kappa shape index (κ3) is 5.23. The van der Waals surface area contributed by atoms with Crippen LogP contribution in [0.4, 0.5) is 27.6 Å². The van der Waals surface area contributed by atoms with E-state index in [-0.39, 0.29) is 6.42 Å². The summed E-state index contributed by atoms with van der Waals surface area (Å²) >= 11 is 0. The number of benzene rings is 1. The monoisotopic (exact) mass is 451 g/mol. The highest BCUT2D eigenvalue weighted by Gasteiger charge is 2.57. The van der Waals surface area contributed by atoms with Gasteiger partial charge in [-0.15, -0.1) is 0 Å². The number of anilines is 1. The first kappa shape index (κ1) is 24.4. The van der Waals surface area contributed by atoms with Crippen molar-refractivity contribution >= 4 is 23.4 Å². The zero-order chi connectivity index (χ0) is 23.6. The van der Waals surface area contributed by atoms with Crippen molar-refractivity contribution in [3.63, 3.8) is 0 Å². The largest absolute Gasteiger partial charge is 0.486 e. The third-order valence-corrected chi connectivity index (χ3v) is 4.79. The van der Waals surface area contributed by atoms with Crippen LogP contribution in [-0.2, 0) is 14.4 Å². The third-order valence-electron chi connectivity index (χ3n) is 4.79. The van der Waals surface area contributed by atoms with Crippen LogP contribution in [0, 0.1) is 5.41 Å². The Morgan fingerprint density at radius 1 is 1.10 bits per heavy atom. The average molecular weight is 451 g/mol. The van der Waals surface area contributed by atoms with Gasteiger partial charge in [-0.05, 0) is 32.4 Å². The summed E-state index contributed by atoms with van der Waals surface area (Å²) in [6.45, 7) is 1.75. The van der Waals surface area contributed by atoms with Gasteiger partial charge in [-0.2, -0.15) is 22.0 Å². The summed E-state index contributed by atoms with van der Waals surface area (Å²) in [6, 6.07) is 5.30. The fraction of sp³-hybridized carbons (Fsp3) is 0.526. The molecule has 1 aliphatic heterocycles. The van der Waals surface area contributed by atoms with E-state index in [1.807, 2.05) is 0 Å². The molecule has 0 spiro atoms. The number of ether oxygens (including phenoxy) is 1. The molecule has 3 N–H and O–H groups in total. The molecule has 1 heterocycles. The Morgan fingerprint density at radius 2 is 1.71 bits per heavy atom. The van der Waals surface area contributed by atoms with Gasteiger partial charge in [0, 0.05) is 0 Å². The van der Waals surface area contributed by atoms with E-state index >= 15 is 0 Å². The zero-order valence-electron chi connectivity index (χ0n) is 16.9. The minimum atomic E-state index is -5.86.